The average Bonchev–Trinajstić information content (AvgIpc) is 2.88. The van der Waals surface area contributed by atoms with Crippen LogP contribution in [0.5, 0.6) is 0 Å². The van der Waals surface area contributed by atoms with Gasteiger partial charge in [-0.05, 0) is 24.8 Å². The number of carbonyl (C=O) groups excluding carboxylic acids is 1. The van der Waals surface area contributed by atoms with Crippen molar-refractivity contribution < 1.29 is 4.79 Å². The smallest absolute Gasteiger partial charge is 0.168 e. The van der Waals surface area contributed by atoms with E-state index in [4.69, 9.17) is 5.73 Å². The first-order valence-electron chi connectivity index (χ1n) is 5.03. The van der Waals surface area contributed by atoms with Gasteiger partial charge in [0.1, 0.15) is 0 Å². The zero-order valence-electron chi connectivity index (χ0n) is 8.54. The first kappa shape index (κ1) is 9.71. The molecule has 1 aliphatic carbocycles. The lowest BCUT2D eigenvalue weighted by Gasteiger charge is -1.96. The number of thiophene rings is 1. The molecular formula is C11H15NOS. The molecule has 14 heavy (non-hydrogen) atoms. The summed E-state index contributed by atoms with van der Waals surface area (Å²) in [5, 5.41) is 0.700. The number of Topliss-reactive ketones (excluding diaryl/α,β-unsaturated/α-hetero) is 1. The van der Waals surface area contributed by atoms with Crippen molar-refractivity contribution >= 4 is 22.1 Å². The molecule has 1 aliphatic rings. The van der Waals surface area contributed by atoms with Gasteiger partial charge in [-0.1, -0.05) is 13.8 Å². The normalized spacial score (nSPS) is 16.2. The van der Waals surface area contributed by atoms with E-state index in [2.05, 4.69) is 13.8 Å². The summed E-state index contributed by atoms with van der Waals surface area (Å²) < 4.78 is 0. The fourth-order valence-corrected chi connectivity index (χ4v) is 2.40. The maximum atomic E-state index is 11.8. The van der Waals surface area contributed by atoms with Gasteiger partial charge in [0.25, 0.3) is 0 Å². The monoisotopic (exact) mass is 209 g/mol. The quantitative estimate of drug-likeness (QED) is 0.777. The maximum Gasteiger partial charge on any atom is 0.168 e. The fraction of sp³-hybridized carbons (Fsp3) is 0.545. The molecule has 3 heteroatoms. The van der Waals surface area contributed by atoms with Gasteiger partial charge in [-0.2, -0.15) is 0 Å². The van der Waals surface area contributed by atoms with Crippen LogP contribution in [0.2, 0.25) is 0 Å². The van der Waals surface area contributed by atoms with Crippen LogP contribution in [0.4, 0.5) is 5.00 Å². The number of rotatable bonds is 3. The van der Waals surface area contributed by atoms with E-state index in [1.165, 1.54) is 4.88 Å². The lowest BCUT2D eigenvalue weighted by Crippen LogP contribution is -2.02. The average molecular weight is 209 g/mol. The molecule has 1 fully saturated rings. The third-order valence-electron chi connectivity index (χ3n) is 2.56. The third kappa shape index (κ3) is 1.69. The highest BCUT2D eigenvalue weighted by Crippen LogP contribution is 2.38. The summed E-state index contributed by atoms with van der Waals surface area (Å²) in [6, 6.07) is 1.98. The lowest BCUT2D eigenvalue weighted by atomic mass is 10.1. The van der Waals surface area contributed by atoms with Crippen molar-refractivity contribution in [1.29, 1.82) is 0 Å². The minimum absolute atomic E-state index is 0.255. The van der Waals surface area contributed by atoms with Crippen molar-refractivity contribution in [3.05, 3.63) is 16.5 Å². The van der Waals surface area contributed by atoms with E-state index >= 15 is 0 Å². The lowest BCUT2D eigenvalue weighted by molar-refractivity contribution is 0.0969. The molecule has 2 nitrogen and oxygen atoms in total. The summed E-state index contributed by atoms with van der Waals surface area (Å²) in [7, 11) is 0. The molecule has 0 aliphatic heterocycles. The van der Waals surface area contributed by atoms with E-state index in [0.717, 1.165) is 18.4 Å². The van der Waals surface area contributed by atoms with Gasteiger partial charge in [0.05, 0.1) is 10.6 Å². The van der Waals surface area contributed by atoms with Crippen LogP contribution in [0.15, 0.2) is 6.07 Å². The van der Waals surface area contributed by atoms with Crippen LogP contribution in [0.25, 0.3) is 0 Å². The molecule has 0 amide bonds. The Balaban J connectivity index is 2.28. The molecule has 2 rings (SSSR count). The highest BCUT2D eigenvalue weighted by molar-refractivity contribution is 7.16. The second-order valence-corrected chi connectivity index (χ2v) is 5.34. The Kier molecular flexibility index (Phi) is 2.35. The van der Waals surface area contributed by atoms with Crippen LogP contribution in [-0.4, -0.2) is 5.78 Å². The minimum atomic E-state index is 0.255. The zero-order valence-corrected chi connectivity index (χ0v) is 9.36. The Morgan fingerprint density at radius 1 is 1.57 bits per heavy atom. The largest absolute Gasteiger partial charge is 0.390 e. The molecule has 1 aromatic heterocycles. The van der Waals surface area contributed by atoms with E-state index < -0.39 is 0 Å². The second kappa shape index (κ2) is 3.39. The number of ketones is 1. The number of carbonyl (C=O) groups is 1. The molecule has 1 saturated carbocycles. The molecule has 1 aromatic rings. The van der Waals surface area contributed by atoms with Crippen molar-refractivity contribution in [3.8, 4) is 0 Å². The Morgan fingerprint density at radius 2 is 2.21 bits per heavy atom. The molecule has 0 unspecified atom stereocenters. The Bertz CT molecular complexity index is 363. The number of hydrogen-bond donors (Lipinski definition) is 1. The SMILES string of the molecule is CC(C)c1cc(C(=O)C2CC2)c(N)s1. The first-order valence-corrected chi connectivity index (χ1v) is 5.84. The molecule has 1 heterocycles. The highest BCUT2D eigenvalue weighted by atomic mass is 32.1. The van der Waals surface area contributed by atoms with Crippen LogP contribution in [-0.2, 0) is 0 Å². The summed E-state index contributed by atoms with van der Waals surface area (Å²) >= 11 is 1.55. The van der Waals surface area contributed by atoms with E-state index in [1.54, 1.807) is 11.3 Å². The Morgan fingerprint density at radius 3 is 2.64 bits per heavy atom. The van der Waals surface area contributed by atoms with Crippen LogP contribution in [0.3, 0.4) is 0 Å². The van der Waals surface area contributed by atoms with E-state index in [9.17, 15) is 4.79 Å². The van der Waals surface area contributed by atoms with E-state index in [0.29, 0.717) is 10.9 Å². The molecule has 0 spiro atoms. The highest BCUT2D eigenvalue weighted by Gasteiger charge is 2.32. The van der Waals surface area contributed by atoms with Crippen LogP contribution >= 0.6 is 11.3 Å². The van der Waals surface area contributed by atoms with Crippen molar-refractivity contribution in [3.63, 3.8) is 0 Å². The van der Waals surface area contributed by atoms with Gasteiger partial charge in [-0.3, -0.25) is 4.79 Å². The molecule has 0 aromatic carbocycles. The predicted octanol–water partition coefficient (Wildman–Crippen LogP) is 3.05. The molecule has 0 bridgehead atoms. The number of hydrogen-bond acceptors (Lipinski definition) is 3. The molecule has 0 atom stereocenters. The van der Waals surface area contributed by atoms with Gasteiger partial charge in [0, 0.05) is 10.8 Å². The zero-order chi connectivity index (χ0) is 10.3. The summed E-state index contributed by atoms with van der Waals surface area (Å²) in [6.45, 7) is 4.24. The number of nitrogens with two attached hydrogens (primary N) is 1. The molecule has 2 N–H and O–H groups in total. The molecule has 0 radical (unpaired) electrons. The summed E-state index contributed by atoms with van der Waals surface area (Å²) in [6.07, 6.45) is 2.09. The minimum Gasteiger partial charge on any atom is -0.390 e. The fourth-order valence-electron chi connectivity index (χ4n) is 1.47. The molecular weight excluding hydrogens is 194 g/mol. The predicted molar refractivity (Wildman–Crippen MR) is 59.9 cm³/mol. The second-order valence-electron chi connectivity index (χ2n) is 4.22. The van der Waals surface area contributed by atoms with E-state index in [-0.39, 0.29) is 11.7 Å². The van der Waals surface area contributed by atoms with Gasteiger partial charge in [-0.25, -0.2) is 0 Å². The summed E-state index contributed by atoms with van der Waals surface area (Å²) in [5.74, 6) is 0.987. The topological polar surface area (TPSA) is 43.1 Å². The van der Waals surface area contributed by atoms with Gasteiger partial charge >= 0.3 is 0 Å². The van der Waals surface area contributed by atoms with Gasteiger partial charge in [0.2, 0.25) is 0 Å². The maximum absolute atomic E-state index is 11.8. The van der Waals surface area contributed by atoms with Crippen molar-refractivity contribution in [1.82, 2.24) is 0 Å². The molecule has 76 valence electrons. The van der Waals surface area contributed by atoms with Crippen LogP contribution < -0.4 is 5.73 Å². The number of nitrogen functional groups attached to an aromatic ring is 1. The van der Waals surface area contributed by atoms with Crippen LogP contribution in [0.1, 0.15) is 47.8 Å². The van der Waals surface area contributed by atoms with Gasteiger partial charge in [-0.15, -0.1) is 11.3 Å². The third-order valence-corrected chi connectivity index (χ3v) is 3.83. The Labute approximate surface area is 88.1 Å². The summed E-state index contributed by atoms with van der Waals surface area (Å²) in [5.41, 5.74) is 6.61. The van der Waals surface area contributed by atoms with E-state index in [1.807, 2.05) is 6.07 Å². The first-order chi connectivity index (χ1) is 6.59. The summed E-state index contributed by atoms with van der Waals surface area (Å²) in [4.78, 5) is 13.0. The standard InChI is InChI=1S/C11H15NOS/c1-6(2)9-5-8(11(12)14-9)10(13)7-3-4-7/h5-7H,3-4,12H2,1-2H3. The molecule has 0 saturated heterocycles. The van der Waals surface area contributed by atoms with Crippen LogP contribution in [0, 0.1) is 5.92 Å². The van der Waals surface area contributed by atoms with Gasteiger partial charge in [0.15, 0.2) is 5.78 Å². The Hall–Kier alpha value is -0.830. The van der Waals surface area contributed by atoms with Crippen molar-refractivity contribution in [2.75, 3.05) is 5.73 Å². The van der Waals surface area contributed by atoms with Gasteiger partial charge < -0.3 is 5.73 Å². The van der Waals surface area contributed by atoms with Crippen molar-refractivity contribution in [2.24, 2.45) is 5.92 Å². The van der Waals surface area contributed by atoms with Crippen molar-refractivity contribution in [2.45, 2.75) is 32.6 Å². The number of anilines is 1.